The first-order valence-corrected chi connectivity index (χ1v) is 12.0. The van der Waals surface area contributed by atoms with Crippen LogP contribution in [0.25, 0.3) is 0 Å². The molecule has 3 aliphatic rings. The molecule has 2 saturated carbocycles. The Balaban J connectivity index is 1.62. The molecule has 0 bridgehead atoms. The second kappa shape index (κ2) is 8.61. The van der Waals surface area contributed by atoms with Gasteiger partial charge in [0.15, 0.2) is 0 Å². The summed E-state index contributed by atoms with van der Waals surface area (Å²) in [4.78, 5) is 30.1. The fourth-order valence-corrected chi connectivity index (χ4v) is 6.43. The van der Waals surface area contributed by atoms with Gasteiger partial charge in [0, 0.05) is 11.6 Å². The van der Waals surface area contributed by atoms with Gasteiger partial charge >= 0.3 is 0 Å². The molecular weight excluding hydrogens is 400 g/mol. The molecule has 0 aromatic heterocycles. The maximum atomic E-state index is 14.0. The van der Waals surface area contributed by atoms with Crippen LogP contribution in [0.15, 0.2) is 48.5 Å². The van der Waals surface area contributed by atoms with Gasteiger partial charge in [0.05, 0.1) is 24.3 Å². The van der Waals surface area contributed by atoms with E-state index in [2.05, 4.69) is 10.2 Å². The standard InChI is InChI=1S/C27H32N2O3/c1-32-23-16-8-7-15-22(23)28-25(30)24-20-13-5-6-14-21(20)26(31)29(19-11-3-4-12-19)27(24)17-9-2-10-18-27/h5-8,13-16,19,24H,2-4,9-12,17-18H2,1H3,(H,28,30)/t24-/m1/s1. The van der Waals surface area contributed by atoms with Gasteiger partial charge in [0.25, 0.3) is 5.91 Å². The van der Waals surface area contributed by atoms with E-state index in [0.29, 0.717) is 17.0 Å². The Morgan fingerprint density at radius 2 is 1.66 bits per heavy atom. The van der Waals surface area contributed by atoms with E-state index in [1.807, 2.05) is 48.5 Å². The number of hydrogen-bond donors (Lipinski definition) is 1. The highest BCUT2D eigenvalue weighted by molar-refractivity contribution is 6.05. The van der Waals surface area contributed by atoms with Gasteiger partial charge in [-0.05, 0) is 49.4 Å². The molecule has 2 aliphatic carbocycles. The number of rotatable bonds is 4. The fraction of sp³-hybridized carbons (Fsp3) is 0.481. The summed E-state index contributed by atoms with van der Waals surface area (Å²) in [6.45, 7) is 0. The van der Waals surface area contributed by atoms with Crippen molar-refractivity contribution in [2.75, 3.05) is 12.4 Å². The van der Waals surface area contributed by atoms with Crippen LogP contribution in [0.5, 0.6) is 5.75 Å². The van der Waals surface area contributed by atoms with Crippen molar-refractivity contribution >= 4 is 17.5 Å². The number of nitrogens with one attached hydrogen (secondary N) is 1. The number of amides is 2. The molecule has 1 atom stereocenters. The summed E-state index contributed by atoms with van der Waals surface area (Å²) in [5, 5.41) is 3.17. The van der Waals surface area contributed by atoms with Gasteiger partial charge in [0.2, 0.25) is 5.91 Å². The Morgan fingerprint density at radius 3 is 2.41 bits per heavy atom. The number of carbonyl (C=O) groups excluding carboxylic acids is 2. The maximum absolute atomic E-state index is 14.0. The molecule has 1 aliphatic heterocycles. The van der Waals surface area contributed by atoms with Crippen LogP contribution in [0, 0.1) is 0 Å². The molecule has 0 radical (unpaired) electrons. The molecule has 0 unspecified atom stereocenters. The average Bonchev–Trinajstić information content (AvgIpc) is 3.34. The Bertz CT molecular complexity index is 1010. The first-order valence-electron chi connectivity index (χ1n) is 12.0. The summed E-state index contributed by atoms with van der Waals surface area (Å²) in [7, 11) is 1.62. The number of nitrogens with zero attached hydrogens (tertiary/aromatic N) is 1. The lowest BCUT2D eigenvalue weighted by molar-refractivity contribution is -0.123. The third-order valence-electron chi connectivity index (χ3n) is 7.77. The Kier molecular flexibility index (Phi) is 5.66. The Hall–Kier alpha value is -2.82. The highest BCUT2D eigenvalue weighted by atomic mass is 16.5. The van der Waals surface area contributed by atoms with Crippen LogP contribution in [0.1, 0.15) is 79.6 Å². The number of carbonyl (C=O) groups is 2. The van der Waals surface area contributed by atoms with Crippen molar-refractivity contribution in [3.05, 3.63) is 59.7 Å². The number of anilines is 1. The summed E-state index contributed by atoms with van der Waals surface area (Å²) < 4.78 is 5.48. The lowest BCUT2D eigenvalue weighted by atomic mass is 9.64. The number of para-hydroxylation sites is 2. The van der Waals surface area contributed by atoms with Gasteiger partial charge in [-0.2, -0.15) is 0 Å². The molecule has 2 amide bonds. The first kappa shape index (κ1) is 21.0. The number of fused-ring (bicyclic) bond motifs is 1. The molecule has 2 aromatic carbocycles. The summed E-state index contributed by atoms with van der Waals surface area (Å²) in [6, 6.07) is 15.5. The van der Waals surface area contributed by atoms with Crippen molar-refractivity contribution < 1.29 is 14.3 Å². The minimum absolute atomic E-state index is 0.0423. The summed E-state index contributed by atoms with van der Waals surface area (Å²) in [5.74, 6) is 0.337. The number of methoxy groups -OCH3 is 1. The lowest BCUT2D eigenvalue weighted by Gasteiger charge is -2.56. The molecule has 32 heavy (non-hydrogen) atoms. The number of hydrogen-bond acceptors (Lipinski definition) is 3. The van der Waals surface area contributed by atoms with Gasteiger partial charge in [-0.25, -0.2) is 0 Å². The van der Waals surface area contributed by atoms with Crippen molar-refractivity contribution in [1.29, 1.82) is 0 Å². The molecule has 1 N–H and O–H groups in total. The summed E-state index contributed by atoms with van der Waals surface area (Å²) >= 11 is 0. The topological polar surface area (TPSA) is 58.6 Å². The van der Waals surface area contributed by atoms with Gasteiger partial charge < -0.3 is 15.0 Å². The van der Waals surface area contributed by atoms with E-state index in [1.54, 1.807) is 7.11 Å². The van der Waals surface area contributed by atoms with Crippen molar-refractivity contribution in [2.45, 2.75) is 75.3 Å². The van der Waals surface area contributed by atoms with E-state index in [1.165, 1.54) is 0 Å². The first-order chi connectivity index (χ1) is 15.7. The monoisotopic (exact) mass is 432 g/mol. The molecule has 1 spiro atoms. The van der Waals surface area contributed by atoms with E-state index in [-0.39, 0.29) is 23.8 Å². The second-order valence-electron chi connectivity index (χ2n) is 9.49. The van der Waals surface area contributed by atoms with E-state index >= 15 is 0 Å². The highest BCUT2D eigenvalue weighted by Gasteiger charge is 2.56. The molecule has 168 valence electrons. The van der Waals surface area contributed by atoms with Crippen LogP contribution in [0.3, 0.4) is 0 Å². The Labute approximate surface area is 190 Å². The zero-order chi connectivity index (χ0) is 22.1. The zero-order valence-corrected chi connectivity index (χ0v) is 18.8. The summed E-state index contributed by atoms with van der Waals surface area (Å²) in [5.41, 5.74) is 1.79. The number of benzene rings is 2. The van der Waals surface area contributed by atoms with Gasteiger partial charge in [0.1, 0.15) is 5.75 Å². The average molecular weight is 433 g/mol. The van der Waals surface area contributed by atoms with Crippen LogP contribution in [0.4, 0.5) is 5.69 Å². The second-order valence-corrected chi connectivity index (χ2v) is 9.49. The minimum atomic E-state index is -0.454. The van der Waals surface area contributed by atoms with E-state index < -0.39 is 5.54 Å². The van der Waals surface area contributed by atoms with Crippen molar-refractivity contribution in [3.63, 3.8) is 0 Å². The van der Waals surface area contributed by atoms with Crippen molar-refractivity contribution in [1.82, 2.24) is 4.90 Å². The molecule has 5 heteroatoms. The van der Waals surface area contributed by atoms with Gasteiger partial charge in [-0.1, -0.05) is 62.4 Å². The quantitative estimate of drug-likeness (QED) is 0.692. The molecule has 2 fully saturated rings. The van der Waals surface area contributed by atoms with Crippen LogP contribution >= 0.6 is 0 Å². The van der Waals surface area contributed by atoms with Gasteiger partial charge in [-0.15, -0.1) is 0 Å². The predicted molar refractivity (Wildman–Crippen MR) is 125 cm³/mol. The maximum Gasteiger partial charge on any atom is 0.254 e. The van der Waals surface area contributed by atoms with E-state index in [4.69, 9.17) is 4.74 Å². The van der Waals surface area contributed by atoms with Crippen molar-refractivity contribution in [2.24, 2.45) is 0 Å². The molecule has 5 nitrogen and oxygen atoms in total. The molecule has 0 saturated heterocycles. The SMILES string of the molecule is COc1ccccc1NC(=O)[C@H]1c2ccccc2C(=O)N(C2CCCC2)C12CCCCC2. The third kappa shape index (κ3) is 3.39. The fourth-order valence-electron chi connectivity index (χ4n) is 6.43. The molecular formula is C27H32N2O3. The zero-order valence-electron chi connectivity index (χ0n) is 18.8. The largest absolute Gasteiger partial charge is 0.495 e. The van der Waals surface area contributed by atoms with Crippen molar-refractivity contribution in [3.8, 4) is 5.75 Å². The number of ether oxygens (including phenoxy) is 1. The third-order valence-corrected chi connectivity index (χ3v) is 7.77. The molecule has 2 aromatic rings. The Morgan fingerprint density at radius 1 is 0.969 bits per heavy atom. The lowest BCUT2D eigenvalue weighted by Crippen LogP contribution is -2.64. The van der Waals surface area contributed by atoms with Crippen LogP contribution in [0.2, 0.25) is 0 Å². The van der Waals surface area contributed by atoms with Crippen LogP contribution < -0.4 is 10.1 Å². The van der Waals surface area contributed by atoms with E-state index in [9.17, 15) is 9.59 Å². The highest BCUT2D eigenvalue weighted by Crippen LogP contribution is 2.52. The van der Waals surface area contributed by atoms with Crippen LogP contribution in [-0.2, 0) is 4.79 Å². The molecule has 1 heterocycles. The van der Waals surface area contributed by atoms with Gasteiger partial charge in [-0.3, -0.25) is 9.59 Å². The normalized spacial score (nSPS) is 22.6. The predicted octanol–water partition coefficient (Wildman–Crippen LogP) is 5.52. The van der Waals surface area contributed by atoms with E-state index in [0.717, 1.165) is 63.4 Å². The summed E-state index contributed by atoms with van der Waals surface area (Å²) in [6.07, 6.45) is 9.42. The minimum Gasteiger partial charge on any atom is -0.495 e. The smallest absolute Gasteiger partial charge is 0.254 e. The molecule has 5 rings (SSSR count). The van der Waals surface area contributed by atoms with Crippen LogP contribution in [-0.4, -0.2) is 35.4 Å².